The van der Waals surface area contributed by atoms with Gasteiger partial charge in [0, 0.05) is 35.5 Å². The number of hydrogen-bond acceptors (Lipinski definition) is 3. The molecule has 3 rings (SSSR count). The third kappa shape index (κ3) is 2.29. The lowest BCUT2D eigenvalue weighted by Gasteiger charge is -2.40. The van der Waals surface area contributed by atoms with Crippen LogP contribution in [0.1, 0.15) is 37.3 Å². The van der Waals surface area contributed by atoms with Gasteiger partial charge in [0.1, 0.15) is 11.4 Å². The fraction of sp³-hybridized carbons (Fsp3) is 0.571. The van der Waals surface area contributed by atoms with Crippen molar-refractivity contribution in [3.63, 3.8) is 0 Å². The molecule has 98 valence electrons. The summed E-state index contributed by atoms with van der Waals surface area (Å²) in [6, 6.07) is 6.16. The molecule has 1 spiro atoms. The first-order valence-electron chi connectivity index (χ1n) is 6.50. The van der Waals surface area contributed by atoms with Crippen molar-refractivity contribution in [3.05, 3.63) is 28.2 Å². The smallest absolute Gasteiger partial charge is 0.124 e. The molecule has 4 heteroatoms. The van der Waals surface area contributed by atoms with Crippen LogP contribution in [-0.4, -0.2) is 18.8 Å². The van der Waals surface area contributed by atoms with E-state index in [-0.39, 0.29) is 11.6 Å². The average Bonchev–Trinajstić information content (AvgIpc) is 2.56. The van der Waals surface area contributed by atoms with Crippen LogP contribution in [0.25, 0.3) is 0 Å². The SMILES string of the molecule is NC1CC2(CCCOCC2)Oc2ccc(Br)cc21. The summed E-state index contributed by atoms with van der Waals surface area (Å²) in [5.74, 6) is 0.943. The molecule has 1 aromatic rings. The van der Waals surface area contributed by atoms with E-state index in [1.807, 2.05) is 12.1 Å². The number of benzene rings is 1. The quantitative estimate of drug-likeness (QED) is 0.800. The summed E-state index contributed by atoms with van der Waals surface area (Å²) in [4.78, 5) is 0. The molecule has 2 N–H and O–H groups in total. The van der Waals surface area contributed by atoms with Crippen LogP contribution >= 0.6 is 15.9 Å². The van der Waals surface area contributed by atoms with Crippen LogP contribution in [0.3, 0.4) is 0 Å². The van der Waals surface area contributed by atoms with Crippen LogP contribution in [0.15, 0.2) is 22.7 Å². The highest BCUT2D eigenvalue weighted by atomic mass is 79.9. The molecule has 0 saturated carbocycles. The summed E-state index contributed by atoms with van der Waals surface area (Å²) in [6.45, 7) is 1.62. The van der Waals surface area contributed by atoms with Gasteiger partial charge >= 0.3 is 0 Å². The molecule has 2 aliphatic rings. The minimum Gasteiger partial charge on any atom is -0.487 e. The molecule has 3 nitrogen and oxygen atoms in total. The van der Waals surface area contributed by atoms with Crippen molar-refractivity contribution < 1.29 is 9.47 Å². The van der Waals surface area contributed by atoms with Crippen LogP contribution in [-0.2, 0) is 4.74 Å². The molecule has 0 radical (unpaired) electrons. The first-order valence-corrected chi connectivity index (χ1v) is 7.30. The Kier molecular flexibility index (Phi) is 3.34. The number of fused-ring (bicyclic) bond motifs is 1. The number of hydrogen-bond donors (Lipinski definition) is 1. The molecule has 0 amide bonds. The molecule has 2 unspecified atom stereocenters. The molecule has 2 heterocycles. The molecule has 2 atom stereocenters. The van der Waals surface area contributed by atoms with Crippen LogP contribution in [0.5, 0.6) is 5.75 Å². The van der Waals surface area contributed by atoms with Gasteiger partial charge in [0.05, 0.1) is 6.61 Å². The lowest BCUT2D eigenvalue weighted by Crippen LogP contribution is -2.43. The Morgan fingerprint density at radius 3 is 3.06 bits per heavy atom. The second kappa shape index (κ2) is 4.83. The Morgan fingerprint density at radius 1 is 1.28 bits per heavy atom. The Morgan fingerprint density at radius 2 is 2.17 bits per heavy atom. The van der Waals surface area contributed by atoms with E-state index in [4.69, 9.17) is 15.2 Å². The van der Waals surface area contributed by atoms with E-state index in [0.717, 1.165) is 54.7 Å². The normalized spacial score (nSPS) is 31.6. The van der Waals surface area contributed by atoms with E-state index in [1.54, 1.807) is 0 Å². The van der Waals surface area contributed by atoms with Crippen molar-refractivity contribution in [1.29, 1.82) is 0 Å². The van der Waals surface area contributed by atoms with Crippen LogP contribution in [0.4, 0.5) is 0 Å². The Labute approximate surface area is 116 Å². The van der Waals surface area contributed by atoms with E-state index in [1.165, 1.54) is 0 Å². The fourth-order valence-electron chi connectivity index (χ4n) is 2.98. The number of ether oxygens (including phenoxy) is 2. The second-order valence-electron chi connectivity index (χ2n) is 5.24. The third-order valence-electron chi connectivity index (χ3n) is 3.91. The van der Waals surface area contributed by atoms with Gasteiger partial charge in [0.2, 0.25) is 0 Å². The van der Waals surface area contributed by atoms with Gasteiger partial charge in [0.25, 0.3) is 0 Å². The molecule has 1 fully saturated rings. The molecule has 2 aliphatic heterocycles. The van der Waals surface area contributed by atoms with Crippen molar-refractivity contribution in [1.82, 2.24) is 0 Å². The van der Waals surface area contributed by atoms with E-state index in [0.29, 0.717) is 0 Å². The average molecular weight is 312 g/mol. The van der Waals surface area contributed by atoms with Crippen molar-refractivity contribution in [2.75, 3.05) is 13.2 Å². The summed E-state index contributed by atoms with van der Waals surface area (Å²) in [5, 5.41) is 0. The lowest BCUT2D eigenvalue weighted by molar-refractivity contribution is 0.0155. The maximum Gasteiger partial charge on any atom is 0.124 e. The van der Waals surface area contributed by atoms with Crippen molar-refractivity contribution in [3.8, 4) is 5.75 Å². The summed E-state index contributed by atoms with van der Waals surface area (Å²) in [5.41, 5.74) is 7.33. The van der Waals surface area contributed by atoms with Gasteiger partial charge in [0.15, 0.2) is 0 Å². The molecular weight excluding hydrogens is 294 g/mol. The van der Waals surface area contributed by atoms with Crippen molar-refractivity contribution in [2.24, 2.45) is 5.73 Å². The highest BCUT2D eigenvalue weighted by Crippen LogP contribution is 2.43. The molecule has 0 bridgehead atoms. The van der Waals surface area contributed by atoms with Gasteiger partial charge in [-0.25, -0.2) is 0 Å². The molecule has 0 aromatic heterocycles. The van der Waals surface area contributed by atoms with E-state index < -0.39 is 0 Å². The zero-order chi connectivity index (χ0) is 12.6. The summed E-state index contributed by atoms with van der Waals surface area (Å²) in [7, 11) is 0. The maximum absolute atomic E-state index is 6.33. The van der Waals surface area contributed by atoms with Gasteiger partial charge in [-0.15, -0.1) is 0 Å². The first-order chi connectivity index (χ1) is 8.69. The first kappa shape index (κ1) is 12.5. The van der Waals surface area contributed by atoms with Crippen molar-refractivity contribution >= 4 is 15.9 Å². The Bertz CT molecular complexity index is 441. The highest BCUT2D eigenvalue weighted by Gasteiger charge is 2.40. The maximum atomic E-state index is 6.33. The lowest BCUT2D eigenvalue weighted by atomic mass is 9.83. The Hall–Kier alpha value is -0.580. The van der Waals surface area contributed by atoms with Crippen LogP contribution in [0.2, 0.25) is 0 Å². The predicted molar refractivity (Wildman–Crippen MR) is 73.7 cm³/mol. The minimum absolute atomic E-state index is 0.0596. The van der Waals surface area contributed by atoms with Crippen molar-refractivity contribution in [2.45, 2.75) is 37.3 Å². The molecular formula is C14H18BrNO2. The third-order valence-corrected chi connectivity index (χ3v) is 4.41. The number of halogens is 1. The van der Waals surface area contributed by atoms with E-state index in [9.17, 15) is 0 Å². The van der Waals surface area contributed by atoms with Gasteiger partial charge in [-0.05, 0) is 31.0 Å². The van der Waals surface area contributed by atoms with Gasteiger partial charge < -0.3 is 15.2 Å². The minimum atomic E-state index is -0.114. The summed E-state index contributed by atoms with van der Waals surface area (Å²) < 4.78 is 12.9. The topological polar surface area (TPSA) is 44.5 Å². The predicted octanol–water partition coefficient (Wildman–Crippen LogP) is 3.17. The monoisotopic (exact) mass is 311 g/mol. The molecule has 1 aromatic carbocycles. The number of rotatable bonds is 0. The Balaban J connectivity index is 1.92. The van der Waals surface area contributed by atoms with Gasteiger partial charge in [-0.1, -0.05) is 15.9 Å². The second-order valence-corrected chi connectivity index (χ2v) is 6.16. The van der Waals surface area contributed by atoms with E-state index >= 15 is 0 Å². The zero-order valence-electron chi connectivity index (χ0n) is 10.3. The van der Waals surface area contributed by atoms with Gasteiger partial charge in [-0.3, -0.25) is 0 Å². The largest absolute Gasteiger partial charge is 0.487 e. The van der Waals surface area contributed by atoms with Crippen LogP contribution < -0.4 is 10.5 Å². The summed E-state index contributed by atoms with van der Waals surface area (Å²) >= 11 is 3.49. The molecule has 0 aliphatic carbocycles. The van der Waals surface area contributed by atoms with Gasteiger partial charge in [-0.2, -0.15) is 0 Å². The van der Waals surface area contributed by atoms with Crippen LogP contribution in [0, 0.1) is 0 Å². The fourth-order valence-corrected chi connectivity index (χ4v) is 3.35. The van der Waals surface area contributed by atoms with E-state index in [2.05, 4.69) is 22.0 Å². The summed E-state index contributed by atoms with van der Waals surface area (Å²) in [6.07, 6.45) is 3.92. The standard InChI is InChI=1S/C14H18BrNO2/c15-10-2-3-13-11(8-10)12(16)9-14(18-13)4-1-6-17-7-5-14/h2-3,8,12H,1,4-7,9,16H2. The highest BCUT2D eigenvalue weighted by molar-refractivity contribution is 9.10. The zero-order valence-corrected chi connectivity index (χ0v) is 11.9. The molecule has 1 saturated heterocycles. The molecule has 18 heavy (non-hydrogen) atoms. The number of nitrogens with two attached hydrogens (primary N) is 1.